The maximum absolute atomic E-state index is 14.7. The number of imidazole rings is 1. The third-order valence-corrected chi connectivity index (χ3v) is 7.27. The number of benzene rings is 2. The highest BCUT2D eigenvalue weighted by molar-refractivity contribution is 5.89. The van der Waals surface area contributed by atoms with Crippen LogP contribution in [0.3, 0.4) is 0 Å². The van der Waals surface area contributed by atoms with Crippen LogP contribution in [0.1, 0.15) is 5.56 Å². The first-order valence-electron chi connectivity index (χ1n) is 13.4. The van der Waals surface area contributed by atoms with Crippen LogP contribution in [-0.2, 0) is 11.8 Å². The molecule has 4 heterocycles. The summed E-state index contributed by atoms with van der Waals surface area (Å²) in [5.41, 5.74) is 3.63. The van der Waals surface area contributed by atoms with Crippen LogP contribution < -0.4 is 19.7 Å². The summed E-state index contributed by atoms with van der Waals surface area (Å²) in [6, 6.07) is 10.5. The van der Waals surface area contributed by atoms with Gasteiger partial charge in [0.15, 0.2) is 11.6 Å². The van der Waals surface area contributed by atoms with Gasteiger partial charge in [-0.25, -0.2) is 24.3 Å². The lowest BCUT2D eigenvalue weighted by molar-refractivity contribution is -0.126. The summed E-state index contributed by atoms with van der Waals surface area (Å²) >= 11 is 0. The third kappa shape index (κ3) is 5.02. The Kier molecular flexibility index (Phi) is 7.03. The van der Waals surface area contributed by atoms with Crippen molar-refractivity contribution in [3.05, 3.63) is 73.1 Å². The maximum Gasteiger partial charge on any atom is 0.246 e. The zero-order valence-electron chi connectivity index (χ0n) is 23.5. The number of hydrogen-bond donors (Lipinski definition) is 1. The molecule has 0 atom stereocenters. The second-order valence-corrected chi connectivity index (χ2v) is 9.95. The number of pyridine rings is 1. The summed E-state index contributed by atoms with van der Waals surface area (Å²) in [7, 11) is 3.30. The summed E-state index contributed by atoms with van der Waals surface area (Å²) in [6.45, 7) is 7.95. The average Bonchev–Trinajstić information content (AvgIpc) is 3.38. The molecule has 1 fully saturated rings. The number of piperazine rings is 1. The van der Waals surface area contributed by atoms with Gasteiger partial charge < -0.3 is 29.2 Å². The molecule has 5 aromatic rings. The van der Waals surface area contributed by atoms with Crippen LogP contribution in [0.2, 0.25) is 0 Å². The van der Waals surface area contributed by atoms with Crippen molar-refractivity contribution in [3.63, 3.8) is 0 Å². The number of carbonyl (C=O) groups excluding carboxylic acids is 1. The Hall–Kier alpha value is -5.26. The molecule has 1 saturated heterocycles. The van der Waals surface area contributed by atoms with Gasteiger partial charge in [0, 0.05) is 51.4 Å². The molecule has 1 amide bonds. The lowest BCUT2D eigenvalue weighted by Crippen LogP contribution is -2.48. The van der Waals surface area contributed by atoms with E-state index < -0.39 is 5.82 Å². The van der Waals surface area contributed by atoms with Crippen molar-refractivity contribution >= 4 is 45.3 Å². The average molecular weight is 569 g/mol. The maximum atomic E-state index is 14.7. The largest absolute Gasteiger partial charge is 0.494 e. The minimum atomic E-state index is -0.417. The van der Waals surface area contributed by atoms with Crippen molar-refractivity contribution in [3.8, 4) is 17.2 Å². The molecule has 1 aliphatic heterocycles. The van der Waals surface area contributed by atoms with Gasteiger partial charge in [0.2, 0.25) is 5.91 Å². The van der Waals surface area contributed by atoms with Gasteiger partial charge in [0.1, 0.15) is 40.4 Å². The third-order valence-electron chi connectivity index (χ3n) is 7.27. The number of anilines is 3. The number of nitrogens with zero attached hydrogens (tertiary/aromatic N) is 7. The normalized spacial score (nSPS) is 13.4. The van der Waals surface area contributed by atoms with Crippen molar-refractivity contribution in [2.24, 2.45) is 7.05 Å². The summed E-state index contributed by atoms with van der Waals surface area (Å²) in [6.07, 6.45) is 4.38. The number of fused-ring (bicyclic) bond motifs is 2. The molecule has 1 aliphatic rings. The summed E-state index contributed by atoms with van der Waals surface area (Å²) in [5.74, 6) is 2.14. The molecule has 6 rings (SSSR count). The van der Waals surface area contributed by atoms with Crippen LogP contribution in [-0.4, -0.2) is 68.6 Å². The quantitative estimate of drug-likeness (QED) is 0.278. The lowest BCUT2D eigenvalue weighted by atomic mass is 10.1. The molecule has 0 unspecified atom stereocenters. The molecule has 42 heavy (non-hydrogen) atoms. The fourth-order valence-corrected chi connectivity index (χ4v) is 5.06. The highest BCUT2D eigenvalue weighted by atomic mass is 19.1. The Labute approximate surface area is 241 Å². The van der Waals surface area contributed by atoms with E-state index in [1.807, 2.05) is 25.1 Å². The fourth-order valence-electron chi connectivity index (χ4n) is 5.06. The molecule has 11 nitrogen and oxygen atoms in total. The Morgan fingerprint density at radius 1 is 1.05 bits per heavy atom. The van der Waals surface area contributed by atoms with Crippen LogP contribution in [0.4, 0.5) is 21.7 Å². The molecular formula is C30H29FN8O3. The van der Waals surface area contributed by atoms with E-state index >= 15 is 0 Å². The molecule has 0 spiro atoms. The van der Waals surface area contributed by atoms with Crippen molar-refractivity contribution < 1.29 is 18.7 Å². The van der Waals surface area contributed by atoms with Gasteiger partial charge >= 0.3 is 0 Å². The van der Waals surface area contributed by atoms with E-state index in [1.165, 1.54) is 18.5 Å². The van der Waals surface area contributed by atoms with Gasteiger partial charge in [0.05, 0.1) is 30.2 Å². The summed E-state index contributed by atoms with van der Waals surface area (Å²) < 4.78 is 28.1. The van der Waals surface area contributed by atoms with E-state index in [9.17, 15) is 9.18 Å². The van der Waals surface area contributed by atoms with E-state index in [0.717, 1.165) is 11.4 Å². The van der Waals surface area contributed by atoms with Gasteiger partial charge in [-0.05, 0) is 36.8 Å². The summed E-state index contributed by atoms with van der Waals surface area (Å²) in [5, 5.41) is 3.34. The molecule has 12 heteroatoms. The highest BCUT2D eigenvalue weighted by Crippen LogP contribution is 2.38. The number of hydrogen-bond acceptors (Lipinski definition) is 9. The van der Waals surface area contributed by atoms with Crippen molar-refractivity contribution in [2.45, 2.75) is 6.92 Å². The van der Waals surface area contributed by atoms with Crippen LogP contribution in [0, 0.1) is 12.7 Å². The Bertz CT molecular complexity index is 1830. The molecule has 2 aromatic carbocycles. The Balaban J connectivity index is 1.27. The van der Waals surface area contributed by atoms with Gasteiger partial charge in [-0.3, -0.25) is 4.79 Å². The second kappa shape index (κ2) is 11.0. The SMILES string of the molecule is C=CC(=O)N1CCN(c2ccc3ncnc(Nc4cc(C)c(Oc5cc(F)c6c(c5)ncn6C)cc4OC)c3n2)CC1. The molecular weight excluding hydrogens is 539 g/mol. The minimum absolute atomic E-state index is 0.0666. The van der Waals surface area contributed by atoms with E-state index in [4.69, 9.17) is 14.5 Å². The minimum Gasteiger partial charge on any atom is -0.494 e. The van der Waals surface area contributed by atoms with Crippen molar-refractivity contribution in [1.82, 2.24) is 29.4 Å². The van der Waals surface area contributed by atoms with Gasteiger partial charge in [-0.2, -0.15) is 0 Å². The number of rotatable bonds is 7. The van der Waals surface area contributed by atoms with Crippen molar-refractivity contribution in [1.29, 1.82) is 0 Å². The number of aryl methyl sites for hydroxylation is 2. The summed E-state index contributed by atoms with van der Waals surface area (Å²) in [4.78, 5) is 33.8. The zero-order chi connectivity index (χ0) is 29.4. The molecule has 3 aromatic heterocycles. The number of halogens is 1. The lowest BCUT2D eigenvalue weighted by Gasteiger charge is -2.35. The van der Waals surface area contributed by atoms with E-state index in [1.54, 1.807) is 42.1 Å². The number of ether oxygens (including phenoxy) is 2. The van der Waals surface area contributed by atoms with E-state index in [-0.39, 0.29) is 5.91 Å². The number of carbonyl (C=O) groups is 1. The zero-order valence-corrected chi connectivity index (χ0v) is 23.5. The van der Waals surface area contributed by atoms with Gasteiger partial charge in [-0.1, -0.05) is 6.58 Å². The number of methoxy groups -OCH3 is 1. The Morgan fingerprint density at radius 3 is 2.62 bits per heavy atom. The van der Waals surface area contributed by atoms with E-state index in [2.05, 4.69) is 31.7 Å². The number of nitrogens with one attached hydrogen (secondary N) is 1. The first-order chi connectivity index (χ1) is 20.3. The predicted molar refractivity (Wildman–Crippen MR) is 158 cm³/mol. The molecule has 1 N–H and O–H groups in total. The highest BCUT2D eigenvalue weighted by Gasteiger charge is 2.21. The second-order valence-electron chi connectivity index (χ2n) is 9.95. The first kappa shape index (κ1) is 26.9. The van der Waals surface area contributed by atoms with Gasteiger partial charge in [-0.15, -0.1) is 0 Å². The smallest absolute Gasteiger partial charge is 0.246 e. The van der Waals surface area contributed by atoms with Crippen molar-refractivity contribution in [2.75, 3.05) is 43.5 Å². The van der Waals surface area contributed by atoms with Crippen LogP contribution in [0.15, 0.2) is 61.7 Å². The molecule has 0 saturated carbocycles. The first-order valence-corrected chi connectivity index (χ1v) is 13.4. The van der Waals surface area contributed by atoms with E-state index in [0.29, 0.717) is 77.0 Å². The fraction of sp³-hybridized carbons (Fsp3) is 0.233. The standard InChI is InChI=1S/C30H29FN8O3/c1-5-27(40)39-10-8-38(9-11-39)26-7-6-21-28(36-26)30(33-16-32-21)35-22-12-18(2)24(15-25(22)41-4)42-19-13-20(31)29-23(14-19)34-17-37(29)3/h5-7,12-17H,1,8-11H2,2-4H3,(H,32,33,35). The van der Waals surface area contributed by atoms with Crippen LogP contribution in [0.5, 0.6) is 17.2 Å². The molecule has 0 aliphatic carbocycles. The van der Waals surface area contributed by atoms with Crippen LogP contribution in [0.25, 0.3) is 22.1 Å². The molecule has 214 valence electrons. The number of amides is 1. The topological polar surface area (TPSA) is 111 Å². The Morgan fingerprint density at radius 2 is 1.86 bits per heavy atom. The molecule has 0 radical (unpaired) electrons. The monoisotopic (exact) mass is 568 g/mol. The number of aromatic nitrogens is 5. The predicted octanol–water partition coefficient (Wildman–Crippen LogP) is 4.74. The molecule has 0 bridgehead atoms. The van der Waals surface area contributed by atoms with Gasteiger partial charge in [0.25, 0.3) is 0 Å². The van der Waals surface area contributed by atoms with Crippen LogP contribution >= 0.6 is 0 Å².